The van der Waals surface area contributed by atoms with E-state index >= 15 is 0 Å². The molecule has 7 nitrogen and oxygen atoms in total. The van der Waals surface area contributed by atoms with Gasteiger partial charge in [0.05, 0.1) is 18.3 Å². The Morgan fingerprint density at radius 3 is 2.38 bits per heavy atom. The number of aliphatic hydroxyl groups excluding tert-OH is 1. The van der Waals surface area contributed by atoms with Crippen molar-refractivity contribution in [3.8, 4) is 0 Å². The van der Waals surface area contributed by atoms with Crippen molar-refractivity contribution in [3.63, 3.8) is 0 Å². The van der Waals surface area contributed by atoms with E-state index in [1.807, 2.05) is 13.8 Å². The molecule has 1 aliphatic carbocycles. The van der Waals surface area contributed by atoms with Gasteiger partial charge < -0.3 is 21.1 Å². The van der Waals surface area contributed by atoms with E-state index < -0.39 is 19.5 Å². The molecule has 8 heteroatoms. The van der Waals surface area contributed by atoms with Gasteiger partial charge in [-0.2, -0.15) is 0 Å². The third-order valence-corrected chi connectivity index (χ3v) is 7.07. The fourth-order valence-corrected chi connectivity index (χ4v) is 5.45. The third-order valence-electron chi connectivity index (χ3n) is 4.99. The SMILES string of the molecule is CC(C)[C@H](N)C(=O)CCC(=O)NC[C@@H](O)CP(=O)(O)CC1CCCCC1. The summed E-state index contributed by atoms with van der Waals surface area (Å²) in [5.74, 6) is -0.246. The number of hydrogen-bond acceptors (Lipinski definition) is 5. The largest absolute Gasteiger partial charge is 0.391 e. The Morgan fingerprint density at radius 2 is 1.81 bits per heavy atom. The number of hydrogen-bond donors (Lipinski definition) is 4. The zero-order chi connectivity index (χ0) is 19.7. The fraction of sp³-hybridized carbons (Fsp3) is 0.889. The summed E-state index contributed by atoms with van der Waals surface area (Å²) in [5, 5.41) is 12.5. The van der Waals surface area contributed by atoms with Crippen molar-refractivity contribution in [1.82, 2.24) is 5.32 Å². The first-order chi connectivity index (χ1) is 12.1. The van der Waals surface area contributed by atoms with Crippen LogP contribution >= 0.6 is 7.37 Å². The molecule has 0 aromatic heterocycles. The molecule has 1 saturated carbocycles. The Bertz CT molecular complexity index is 506. The molecule has 1 amide bonds. The highest BCUT2D eigenvalue weighted by atomic mass is 31.2. The van der Waals surface area contributed by atoms with Gasteiger partial charge in [0, 0.05) is 25.5 Å². The minimum atomic E-state index is -3.40. The number of carbonyl (C=O) groups excluding carboxylic acids is 2. The Labute approximate surface area is 156 Å². The summed E-state index contributed by atoms with van der Waals surface area (Å²) in [6.45, 7) is 3.61. The summed E-state index contributed by atoms with van der Waals surface area (Å²) in [6, 6.07) is -0.576. The molecule has 1 fully saturated rings. The van der Waals surface area contributed by atoms with Crippen LogP contribution in [0.2, 0.25) is 0 Å². The monoisotopic (exact) mass is 390 g/mol. The van der Waals surface area contributed by atoms with E-state index in [4.69, 9.17) is 5.73 Å². The van der Waals surface area contributed by atoms with E-state index in [1.54, 1.807) is 0 Å². The first-order valence-corrected chi connectivity index (χ1v) is 11.7. The predicted octanol–water partition coefficient (Wildman–Crippen LogP) is 1.65. The van der Waals surface area contributed by atoms with Gasteiger partial charge in [-0.3, -0.25) is 14.2 Å². The minimum absolute atomic E-state index is 0.00479. The second-order valence-electron chi connectivity index (χ2n) is 7.91. The van der Waals surface area contributed by atoms with E-state index in [0.29, 0.717) is 0 Å². The number of nitrogens with two attached hydrogens (primary N) is 1. The van der Waals surface area contributed by atoms with Gasteiger partial charge in [0.25, 0.3) is 0 Å². The molecule has 0 saturated heterocycles. The minimum Gasteiger partial charge on any atom is -0.391 e. The molecule has 0 heterocycles. The summed E-state index contributed by atoms with van der Waals surface area (Å²) in [6.07, 6.45) is 4.38. The van der Waals surface area contributed by atoms with Gasteiger partial charge in [-0.15, -0.1) is 0 Å². The summed E-state index contributed by atoms with van der Waals surface area (Å²) in [4.78, 5) is 33.7. The van der Waals surface area contributed by atoms with Gasteiger partial charge in [-0.25, -0.2) is 0 Å². The van der Waals surface area contributed by atoms with E-state index in [1.165, 1.54) is 6.42 Å². The number of Topliss-reactive ketones (excluding diaryl/α,β-unsaturated/α-hetero) is 1. The standard InChI is InChI=1S/C18H35N2O5P/c1-13(2)18(19)16(22)8-9-17(23)20-10-15(21)12-26(24,25)11-14-6-4-3-5-7-14/h13-15,18,21H,3-12,19H2,1-2H3,(H,20,23)(H,24,25)/t15-,18+/m1/s1. The van der Waals surface area contributed by atoms with Gasteiger partial charge in [0.1, 0.15) is 5.78 Å². The fourth-order valence-electron chi connectivity index (χ4n) is 3.34. The van der Waals surface area contributed by atoms with Crippen LogP contribution in [-0.4, -0.2) is 52.7 Å². The number of amides is 1. The molecule has 0 aliphatic heterocycles. The van der Waals surface area contributed by atoms with E-state index in [9.17, 15) is 24.2 Å². The van der Waals surface area contributed by atoms with Crippen molar-refractivity contribution in [2.45, 2.75) is 70.9 Å². The van der Waals surface area contributed by atoms with E-state index in [2.05, 4.69) is 5.32 Å². The van der Waals surface area contributed by atoms with E-state index in [0.717, 1.165) is 25.7 Å². The molecule has 0 aromatic rings. The molecule has 0 aromatic carbocycles. The molecular weight excluding hydrogens is 355 g/mol. The molecule has 0 radical (unpaired) electrons. The van der Waals surface area contributed by atoms with Crippen molar-refractivity contribution < 1.29 is 24.2 Å². The van der Waals surface area contributed by atoms with Crippen LogP contribution in [0.4, 0.5) is 0 Å². The van der Waals surface area contributed by atoms with Crippen molar-refractivity contribution in [2.75, 3.05) is 18.9 Å². The topological polar surface area (TPSA) is 130 Å². The highest BCUT2D eigenvalue weighted by molar-refractivity contribution is 7.58. The lowest BCUT2D eigenvalue weighted by molar-refractivity contribution is -0.126. The normalized spacial score (nSPS) is 20.4. The molecular formula is C18H35N2O5P. The Balaban J connectivity index is 2.27. The highest BCUT2D eigenvalue weighted by Crippen LogP contribution is 2.45. The summed E-state index contributed by atoms with van der Waals surface area (Å²) >= 11 is 0. The third kappa shape index (κ3) is 9.26. The number of ketones is 1. The first-order valence-electron chi connectivity index (χ1n) is 9.64. The lowest BCUT2D eigenvalue weighted by Crippen LogP contribution is -2.37. The molecule has 1 rings (SSSR count). The van der Waals surface area contributed by atoms with Crippen LogP contribution in [0.25, 0.3) is 0 Å². The Morgan fingerprint density at radius 1 is 1.19 bits per heavy atom. The van der Waals surface area contributed by atoms with E-state index in [-0.39, 0.29) is 55.2 Å². The number of carbonyl (C=O) groups is 2. The summed E-state index contributed by atoms with van der Waals surface area (Å²) in [7, 11) is -3.40. The molecule has 3 atom stereocenters. The number of rotatable bonds is 11. The maximum atomic E-state index is 12.3. The van der Waals surface area contributed by atoms with Crippen molar-refractivity contribution >= 4 is 19.1 Å². The van der Waals surface area contributed by atoms with Crippen LogP contribution in [0.15, 0.2) is 0 Å². The lowest BCUT2D eigenvalue weighted by Gasteiger charge is -2.25. The number of aliphatic hydroxyl groups is 1. The predicted molar refractivity (Wildman–Crippen MR) is 102 cm³/mol. The zero-order valence-corrected chi connectivity index (χ0v) is 16.9. The van der Waals surface area contributed by atoms with Crippen LogP contribution in [0.5, 0.6) is 0 Å². The Hall–Kier alpha value is -0.750. The molecule has 26 heavy (non-hydrogen) atoms. The maximum absolute atomic E-state index is 12.3. The van der Waals surface area contributed by atoms with Gasteiger partial charge in [0.15, 0.2) is 0 Å². The van der Waals surface area contributed by atoms with Gasteiger partial charge in [0.2, 0.25) is 13.3 Å². The summed E-state index contributed by atoms with van der Waals surface area (Å²) in [5.41, 5.74) is 5.73. The number of nitrogens with one attached hydrogen (secondary N) is 1. The van der Waals surface area contributed by atoms with Gasteiger partial charge in [-0.05, 0) is 24.7 Å². The van der Waals surface area contributed by atoms with Crippen LogP contribution in [0.3, 0.4) is 0 Å². The molecule has 1 aliphatic rings. The molecule has 0 spiro atoms. The maximum Gasteiger partial charge on any atom is 0.220 e. The van der Waals surface area contributed by atoms with Crippen LogP contribution in [0, 0.1) is 11.8 Å². The molecule has 152 valence electrons. The second kappa shape index (κ2) is 11.2. The molecule has 0 bridgehead atoms. The van der Waals surface area contributed by atoms with Gasteiger partial charge >= 0.3 is 0 Å². The molecule has 1 unspecified atom stereocenters. The Kier molecular flexibility index (Phi) is 10.0. The van der Waals surface area contributed by atoms with Crippen molar-refractivity contribution in [1.29, 1.82) is 0 Å². The van der Waals surface area contributed by atoms with Crippen LogP contribution in [-0.2, 0) is 14.2 Å². The smallest absolute Gasteiger partial charge is 0.220 e. The molecule has 5 N–H and O–H groups in total. The average Bonchev–Trinajstić information content (AvgIpc) is 2.57. The summed E-state index contributed by atoms with van der Waals surface area (Å²) < 4.78 is 12.3. The quantitative estimate of drug-likeness (QED) is 0.397. The highest BCUT2D eigenvalue weighted by Gasteiger charge is 2.28. The van der Waals surface area contributed by atoms with Crippen molar-refractivity contribution in [3.05, 3.63) is 0 Å². The second-order valence-corrected chi connectivity index (χ2v) is 10.3. The average molecular weight is 390 g/mol. The lowest BCUT2D eigenvalue weighted by atomic mass is 9.91. The van der Waals surface area contributed by atoms with Gasteiger partial charge in [-0.1, -0.05) is 33.1 Å². The van der Waals surface area contributed by atoms with Crippen LogP contribution in [0.1, 0.15) is 58.8 Å². The van der Waals surface area contributed by atoms with Crippen LogP contribution < -0.4 is 11.1 Å². The zero-order valence-electron chi connectivity index (χ0n) is 16.0. The first kappa shape index (κ1) is 23.3. The van der Waals surface area contributed by atoms with Crippen molar-refractivity contribution in [2.24, 2.45) is 17.6 Å².